The molecule has 1 aliphatic rings. The first-order valence-corrected chi connectivity index (χ1v) is 9.40. The van der Waals surface area contributed by atoms with Gasteiger partial charge in [-0.1, -0.05) is 6.92 Å². The first-order chi connectivity index (χ1) is 12.9. The number of hydrogen-bond acceptors (Lipinski definition) is 5. The van der Waals surface area contributed by atoms with Crippen LogP contribution in [0.4, 0.5) is 0 Å². The van der Waals surface area contributed by atoms with Crippen molar-refractivity contribution in [2.45, 2.75) is 39.3 Å². The van der Waals surface area contributed by atoms with Crippen molar-refractivity contribution in [2.75, 3.05) is 32.7 Å². The second-order valence-corrected chi connectivity index (χ2v) is 6.87. The molecule has 1 saturated heterocycles. The number of ether oxygens (including phenoxy) is 1. The molecule has 7 nitrogen and oxygen atoms in total. The van der Waals surface area contributed by atoms with Crippen LogP contribution in [-0.2, 0) is 9.59 Å². The molecule has 0 radical (unpaired) electrons. The van der Waals surface area contributed by atoms with Gasteiger partial charge in [0, 0.05) is 32.2 Å². The predicted molar refractivity (Wildman–Crippen MR) is 102 cm³/mol. The van der Waals surface area contributed by atoms with Crippen LogP contribution in [0.15, 0.2) is 24.3 Å². The van der Waals surface area contributed by atoms with Gasteiger partial charge in [-0.15, -0.1) is 0 Å². The lowest BCUT2D eigenvalue weighted by atomic mass is 10.2. The summed E-state index contributed by atoms with van der Waals surface area (Å²) in [6, 6.07) is 8.94. The number of benzene rings is 1. The molecular formula is C20H28N4O3. The summed E-state index contributed by atoms with van der Waals surface area (Å²) in [7, 11) is 0. The quantitative estimate of drug-likeness (QED) is 0.782. The van der Waals surface area contributed by atoms with Crippen molar-refractivity contribution in [3.05, 3.63) is 29.8 Å². The molecule has 1 fully saturated rings. The van der Waals surface area contributed by atoms with Gasteiger partial charge < -0.3 is 15.0 Å². The number of piperazine rings is 1. The minimum Gasteiger partial charge on any atom is -0.481 e. The third-order valence-corrected chi connectivity index (χ3v) is 4.71. The lowest BCUT2D eigenvalue weighted by Crippen LogP contribution is -2.53. The van der Waals surface area contributed by atoms with E-state index in [-0.39, 0.29) is 17.9 Å². The molecular weight excluding hydrogens is 344 g/mol. The summed E-state index contributed by atoms with van der Waals surface area (Å²) in [4.78, 5) is 28.4. The summed E-state index contributed by atoms with van der Waals surface area (Å²) in [5, 5.41) is 11.8. The summed E-state index contributed by atoms with van der Waals surface area (Å²) >= 11 is 0. The van der Waals surface area contributed by atoms with Crippen LogP contribution in [0, 0.1) is 11.3 Å². The summed E-state index contributed by atoms with van der Waals surface area (Å²) in [6.07, 6.45) is 0.309. The number of carbonyl (C=O) groups excluding carboxylic acids is 2. The predicted octanol–water partition coefficient (Wildman–Crippen LogP) is 1.38. The Morgan fingerprint density at radius 3 is 2.37 bits per heavy atom. The Morgan fingerprint density at radius 2 is 1.81 bits per heavy atom. The Morgan fingerprint density at radius 1 is 1.19 bits per heavy atom. The Labute approximate surface area is 160 Å². The van der Waals surface area contributed by atoms with Gasteiger partial charge in [0.1, 0.15) is 5.75 Å². The van der Waals surface area contributed by atoms with Gasteiger partial charge in [-0.25, -0.2) is 0 Å². The monoisotopic (exact) mass is 372 g/mol. The average Bonchev–Trinajstić information content (AvgIpc) is 2.68. The Bertz CT molecular complexity index is 675. The summed E-state index contributed by atoms with van der Waals surface area (Å²) in [5.41, 5.74) is 0.551. The third kappa shape index (κ3) is 6.26. The van der Waals surface area contributed by atoms with E-state index in [1.54, 1.807) is 36.1 Å². The van der Waals surface area contributed by atoms with E-state index < -0.39 is 6.10 Å². The van der Waals surface area contributed by atoms with E-state index in [1.165, 1.54) is 0 Å². The van der Waals surface area contributed by atoms with Crippen molar-refractivity contribution in [1.29, 1.82) is 5.26 Å². The average molecular weight is 372 g/mol. The Balaban J connectivity index is 1.78. The minimum atomic E-state index is -0.599. The van der Waals surface area contributed by atoms with Crippen molar-refractivity contribution >= 4 is 11.8 Å². The van der Waals surface area contributed by atoms with Crippen LogP contribution in [0.2, 0.25) is 0 Å². The fourth-order valence-corrected chi connectivity index (χ4v) is 2.87. The molecule has 2 rings (SSSR count). The van der Waals surface area contributed by atoms with E-state index in [9.17, 15) is 9.59 Å². The van der Waals surface area contributed by atoms with Crippen molar-refractivity contribution in [2.24, 2.45) is 0 Å². The Kier molecular flexibility index (Phi) is 7.62. The van der Waals surface area contributed by atoms with Gasteiger partial charge >= 0.3 is 0 Å². The number of amides is 2. The number of nitrogens with one attached hydrogen (secondary N) is 1. The van der Waals surface area contributed by atoms with Gasteiger partial charge in [-0.2, -0.15) is 5.26 Å². The van der Waals surface area contributed by atoms with E-state index in [2.05, 4.69) is 10.2 Å². The zero-order valence-electron chi connectivity index (χ0n) is 16.3. The van der Waals surface area contributed by atoms with Crippen LogP contribution in [0.5, 0.6) is 5.75 Å². The second-order valence-electron chi connectivity index (χ2n) is 6.87. The lowest BCUT2D eigenvalue weighted by Gasteiger charge is -2.35. The van der Waals surface area contributed by atoms with Gasteiger partial charge in [-0.05, 0) is 44.5 Å². The molecule has 146 valence electrons. The third-order valence-electron chi connectivity index (χ3n) is 4.71. The highest BCUT2D eigenvalue weighted by Crippen LogP contribution is 2.15. The van der Waals surface area contributed by atoms with Gasteiger partial charge in [0.15, 0.2) is 6.10 Å². The van der Waals surface area contributed by atoms with Crippen molar-refractivity contribution in [3.63, 3.8) is 0 Å². The van der Waals surface area contributed by atoms with Crippen LogP contribution >= 0.6 is 0 Å². The molecule has 0 saturated carbocycles. The molecule has 7 heteroatoms. The number of nitriles is 1. The highest BCUT2D eigenvalue weighted by molar-refractivity contribution is 5.81. The highest BCUT2D eigenvalue weighted by atomic mass is 16.5. The molecule has 1 aromatic rings. The molecule has 1 N–H and O–H groups in total. The topological polar surface area (TPSA) is 85.7 Å². The summed E-state index contributed by atoms with van der Waals surface area (Å²) < 4.78 is 5.70. The lowest BCUT2D eigenvalue weighted by molar-refractivity contribution is -0.139. The molecule has 2 atom stereocenters. The van der Waals surface area contributed by atoms with E-state index in [4.69, 9.17) is 10.00 Å². The molecule has 0 aromatic heterocycles. The fraction of sp³-hybridized carbons (Fsp3) is 0.550. The zero-order chi connectivity index (χ0) is 19.8. The Hall–Kier alpha value is -2.59. The molecule has 1 heterocycles. The number of rotatable bonds is 7. The number of carbonyl (C=O) groups is 2. The van der Waals surface area contributed by atoms with Crippen LogP contribution in [0.3, 0.4) is 0 Å². The molecule has 1 aliphatic heterocycles. The van der Waals surface area contributed by atoms with Gasteiger partial charge in [0.25, 0.3) is 5.91 Å². The van der Waals surface area contributed by atoms with Crippen LogP contribution in [0.25, 0.3) is 0 Å². The number of nitrogens with zero attached hydrogens (tertiary/aromatic N) is 3. The highest BCUT2D eigenvalue weighted by Gasteiger charge is 2.26. The molecule has 1 aromatic carbocycles. The SMILES string of the molecule is CCC(C)NC(=O)CN1CCN(C(=O)C(C)Oc2ccc(C#N)cc2)CC1. The zero-order valence-corrected chi connectivity index (χ0v) is 16.3. The largest absolute Gasteiger partial charge is 0.481 e. The van der Waals surface area contributed by atoms with E-state index in [0.29, 0.717) is 44.0 Å². The van der Waals surface area contributed by atoms with Crippen molar-refractivity contribution < 1.29 is 14.3 Å². The maximum atomic E-state index is 12.6. The van der Waals surface area contributed by atoms with Crippen LogP contribution in [-0.4, -0.2) is 66.5 Å². The standard InChI is InChI=1S/C20H28N4O3/c1-4-15(2)22-19(25)14-23-9-11-24(12-10-23)20(26)16(3)27-18-7-5-17(13-21)6-8-18/h5-8,15-16H,4,9-12,14H2,1-3H3,(H,22,25). The maximum absolute atomic E-state index is 12.6. The molecule has 27 heavy (non-hydrogen) atoms. The normalized spacial score (nSPS) is 16.9. The first kappa shape index (κ1) is 20.7. The van der Waals surface area contributed by atoms with E-state index >= 15 is 0 Å². The summed E-state index contributed by atoms with van der Waals surface area (Å²) in [6.45, 7) is 8.62. The smallest absolute Gasteiger partial charge is 0.263 e. The second kappa shape index (κ2) is 9.93. The van der Waals surface area contributed by atoms with Crippen molar-refractivity contribution in [1.82, 2.24) is 15.1 Å². The van der Waals surface area contributed by atoms with E-state index in [0.717, 1.165) is 6.42 Å². The maximum Gasteiger partial charge on any atom is 0.263 e. The van der Waals surface area contributed by atoms with Gasteiger partial charge in [0.2, 0.25) is 5.91 Å². The summed E-state index contributed by atoms with van der Waals surface area (Å²) in [5.74, 6) is 0.528. The van der Waals surface area contributed by atoms with Gasteiger partial charge in [0.05, 0.1) is 18.2 Å². The van der Waals surface area contributed by atoms with E-state index in [1.807, 2.05) is 19.9 Å². The van der Waals surface area contributed by atoms with Crippen LogP contribution < -0.4 is 10.1 Å². The molecule has 2 amide bonds. The molecule has 2 unspecified atom stereocenters. The molecule has 0 aliphatic carbocycles. The van der Waals surface area contributed by atoms with Crippen molar-refractivity contribution in [3.8, 4) is 11.8 Å². The minimum absolute atomic E-state index is 0.0293. The van der Waals surface area contributed by atoms with Gasteiger partial charge in [-0.3, -0.25) is 14.5 Å². The van der Waals surface area contributed by atoms with Crippen LogP contribution in [0.1, 0.15) is 32.8 Å². The number of hydrogen-bond donors (Lipinski definition) is 1. The first-order valence-electron chi connectivity index (χ1n) is 9.40. The molecule has 0 bridgehead atoms. The molecule has 0 spiro atoms. The fourth-order valence-electron chi connectivity index (χ4n) is 2.87.